The fourth-order valence-electron chi connectivity index (χ4n) is 3.12. The molecule has 0 radical (unpaired) electrons. The summed E-state index contributed by atoms with van der Waals surface area (Å²) in [6.07, 6.45) is 0.733. The van der Waals surface area contributed by atoms with Gasteiger partial charge in [0.25, 0.3) is 0 Å². The van der Waals surface area contributed by atoms with Gasteiger partial charge in [-0.3, -0.25) is 0 Å². The first-order valence-corrected chi connectivity index (χ1v) is 10.7. The number of benzene rings is 2. The molecule has 4 rings (SSSR count). The van der Waals surface area contributed by atoms with E-state index in [-0.39, 0.29) is 0 Å². The van der Waals surface area contributed by atoms with Crippen LogP contribution in [0, 0.1) is 0 Å². The molecule has 0 N–H and O–H groups in total. The van der Waals surface area contributed by atoms with Crippen LogP contribution in [0.5, 0.6) is 0 Å². The van der Waals surface area contributed by atoms with Crippen molar-refractivity contribution in [2.75, 3.05) is 13.7 Å². The molecule has 0 bridgehead atoms. The van der Waals surface area contributed by atoms with Crippen LogP contribution < -0.4 is 0 Å². The minimum absolute atomic E-state index is 0.531. The second-order valence-electron chi connectivity index (χ2n) is 6.63. The van der Waals surface area contributed by atoms with Gasteiger partial charge < -0.3 is 9.30 Å². The number of para-hydroxylation sites is 1. The molecule has 4 aromatic rings. The summed E-state index contributed by atoms with van der Waals surface area (Å²) < 4.78 is 7.42. The molecule has 0 unspecified atom stereocenters. The van der Waals surface area contributed by atoms with Crippen molar-refractivity contribution in [1.82, 2.24) is 19.7 Å². The number of halogens is 1. The van der Waals surface area contributed by atoms with Gasteiger partial charge in [0.2, 0.25) is 0 Å². The summed E-state index contributed by atoms with van der Waals surface area (Å²) in [5.74, 6) is 1.60. The van der Waals surface area contributed by atoms with E-state index in [4.69, 9.17) is 16.3 Å². The van der Waals surface area contributed by atoms with Crippen LogP contribution in [-0.4, -0.2) is 33.5 Å². The zero-order chi connectivity index (χ0) is 20.1. The second kappa shape index (κ2) is 9.39. The van der Waals surface area contributed by atoms with Crippen LogP contribution >= 0.6 is 23.4 Å². The molecule has 0 saturated carbocycles. The number of pyridine rings is 1. The van der Waals surface area contributed by atoms with Crippen molar-refractivity contribution in [3.63, 3.8) is 0 Å². The Bertz CT molecular complexity index is 1100. The monoisotopic (exact) mass is 424 g/mol. The van der Waals surface area contributed by atoms with E-state index in [1.807, 2.05) is 42.5 Å². The molecule has 0 aliphatic rings. The highest BCUT2D eigenvalue weighted by Crippen LogP contribution is 2.28. The maximum absolute atomic E-state index is 6.42. The number of hydrogen-bond acceptors (Lipinski definition) is 5. The summed E-state index contributed by atoms with van der Waals surface area (Å²) >= 11 is 8.03. The first kappa shape index (κ1) is 19.9. The highest BCUT2D eigenvalue weighted by molar-refractivity contribution is 7.98. The molecule has 7 heteroatoms. The first-order chi connectivity index (χ1) is 14.2. The lowest BCUT2D eigenvalue weighted by Gasteiger charge is -2.10. The van der Waals surface area contributed by atoms with Gasteiger partial charge in [-0.05, 0) is 17.7 Å². The number of nitrogens with zero attached hydrogens (tertiary/aromatic N) is 4. The standard InChI is InChI=1S/C22H21ClN4OS/c1-28-12-11-27-20(13-16-7-3-2-4-8-16)25-26-22(27)29-15-18-14-17-9-5-6-10-19(17)24-21(18)23/h2-10,14H,11-13,15H2,1H3. The average molecular weight is 425 g/mol. The van der Waals surface area contributed by atoms with E-state index in [9.17, 15) is 0 Å². The molecule has 0 amide bonds. The van der Waals surface area contributed by atoms with Crippen molar-refractivity contribution in [2.24, 2.45) is 0 Å². The van der Waals surface area contributed by atoms with Crippen LogP contribution in [0.25, 0.3) is 10.9 Å². The van der Waals surface area contributed by atoms with Gasteiger partial charge in [-0.1, -0.05) is 71.9 Å². The number of ether oxygens (including phenoxy) is 1. The van der Waals surface area contributed by atoms with Crippen molar-refractivity contribution in [3.05, 3.63) is 82.8 Å². The number of aromatic nitrogens is 4. The molecule has 148 valence electrons. The summed E-state index contributed by atoms with van der Waals surface area (Å²) in [6, 6.07) is 20.4. The fourth-order valence-corrected chi connectivity index (χ4v) is 4.37. The number of fused-ring (bicyclic) bond motifs is 1. The molecule has 0 atom stereocenters. The molecule has 2 aromatic carbocycles. The third-order valence-electron chi connectivity index (χ3n) is 4.62. The van der Waals surface area contributed by atoms with Gasteiger partial charge in [-0.15, -0.1) is 10.2 Å². The Balaban J connectivity index is 1.55. The van der Waals surface area contributed by atoms with Crippen LogP contribution in [0.3, 0.4) is 0 Å². The van der Waals surface area contributed by atoms with Gasteiger partial charge in [0, 0.05) is 36.8 Å². The Morgan fingerprint density at radius 1 is 1.03 bits per heavy atom. The van der Waals surface area contributed by atoms with Crippen molar-refractivity contribution in [3.8, 4) is 0 Å². The maximum Gasteiger partial charge on any atom is 0.191 e. The number of hydrogen-bond donors (Lipinski definition) is 0. The molecule has 0 fully saturated rings. The van der Waals surface area contributed by atoms with Crippen molar-refractivity contribution in [1.29, 1.82) is 0 Å². The molecule has 29 heavy (non-hydrogen) atoms. The molecule has 2 aromatic heterocycles. The van der Waals surface area contributed by atoms with Crippen LogP contribution in [0.4, 0.5) is 0 Å². The van der Waals surface area contributed by atoms with E-state index in [1.54, 1.807) is 18.9 Å². The molecule has 0 aliphatic carbocycles. The van der Waals surface area contributed by atoms with Gasteiger partial charge in [-0.2, -0.15) is 0 Å². The fraction of sp³-hybridized carbons (Fsp3) is 0.227. The van der Waals surface area contributed by atoms with Crippen LogP contribution in [0.1, 0.15) is 17.0 Å². The van der Waals surface area contributed by atoms with Crippen molar-refractivity contribution < 1.29 is 4.74 Å². The third-order valence-corrected chi connectivity index (χ3v) is 5.97. The SMILES string of the molecule is COCCn1c(Cc2ccccc2)nnc1SCc1cc2ccccc2nc1Cl. The molecular formula is C22H21ClN4OS. The maximum atomic E-state index is 6.42. The Hall–Kier alpha value is -2.41. The normalized spacial score (nSPS) is 11.2. The largest absolute Gasteiger partial charge is 0.383 e. The zero-order valence-electron chi connectivity index (χ0n) is 16.1. The van der Waals surface area contributed by atoms with Crippen molar-refractivity contribution in [2.45, 2.75) is 23.9 Å². The first-order valence-electron chi connectivity index (χ1n) is 9.36. The van der Waals surface area contributed by atoms with Crippen LogP contribution in [0.15, 0.2) is 65.8 Å². The Morgan fingerprint density at radius 2 is 1.83 bits per heavy atom. The number of thioether (sulfide) groups is 1. The highest BCUT2D eigenvalue weighted by Gasteiger charge is 2.14. The van der Waals surface area contributed by atoms with Gasteiger partial charge in [-0.25, -0.2) is 4.98 Å². The molecule has 5 nitrogen and oxygen atoms in total. The topological polar surface area (TPSA) is 52.8 Å². The number of methoxy groups -OCH3 is 1. The highest BCUT2D eigenvalue weighted by atomic mass is 35.5. The average Bonchev–Trinajstić information content (AvgIpc) is 3.12. The minimum Gasteiger partial charge on any atom is -0.383 e. The Labute approximate surface area is 179 Å². The zero-order valence-corrected chi connectivity index (χ0v) is 17.7. The summed E-state index contributed by atoms with van der Waals surface area (Å²) in [4.78, 5) is 4.51. The van der Waals surface area contributed by atoms with Crippen LogP contribution in [0.2, 0.25) is 5.15 Å². The summed E-state index contributed by atoms with van der Waals surface area (Å²) in [6.45, 7) is 1.31. The van der Waals surface area contributed by atoms with E-state index < -0.39 is 0 Å². The minimum atomic E-state index is 0.531. The summed E-state index contributed by atoms with van der Waals surface area (Å²) in [5, 5.41) is 11.3. The van der Waals surface area contributed by atoms with E-state index in [2.05, 4.69) is 37.9 Å². The smallest absolute Gasteiger partial charge is 0.191 e. The lowest BCUT2D eigenvalue weighted by atomic mass is 10.1. The third kappa shape index (κ3) is 4.78. The van der Waals surface area contributed by atoms with Gasteiger partial charge in [0.05, 0.1) is 12.1 Å². The lowest BCUT2D eigenvalue weighted by Crippen LogP contribution is -2.10. The molecular weight excluding hydrogens is 404 g/mol. The van der Waals surface area contributed by atoms with E-state index in [1.165, 1.54) is 5.56 Å². The Kier molecular flexibility index (Phi) is 6.44. The van der Waals surface area contributed by atoms with Gasteiger partial charge in [0.15, 0.2) is 5.16 Å². The van der Waals surface area contributed by atoms with Crippen LogP contribution in [-0.2, 0) is 23.5 Å². The Morgan fingerprint density at radius 3 is 2.66 bits per heavy atom. The van der Waals surface area contributed by atoms with E-state index >= 15 is 0 Å². The lowest BCUT2D eigenvalue weighted by molar-refractivity contribution is 0.184. The molecule has 2 heterocycles. The summed E-state index contributed by atoms with van der Waals surface area (Å²) in [5.41, 5.74) is 3.10. The van der Waals surface area contributed by atoms with E-state index in [0.717, 1.165) is 33.9 Å². The van der Waals surface area contributed by atoms with Gasteiger partial charge in [0.1, 0.15) is 11.0 Å². The quantitative estimate of drug-likeness (QED) is 0.294. The summed E-state index contributed by atoms with van der Waals surface area (Å²) in [7, 11) is 1.70. The molecule has 0 saturated heterocycles. The predicted octanol–water partition coefficient (Wildman–Crippen LogP) is 5.01. The predicted molar refractivity (Wildman–Crippen MR) is 117 cm³/mol. The second-order valence-corrected chi connectivity index (χ2v) is 7.93. The molecule has 0 aliphatic heterocycles. The van der Waals surface area contributed by atoms with E-state index in [0.29, 0.717) is 24.1 Å². The van der Waals surface area contributed by atoms with Crippen molar-refractivity contribution >= 4 is 34.3 Å². The van der Waals surface area contributed by atoms with Gasteiger partial charge >= 0.3 is 0 Å². The molecule has 0 spiro atoms. The number of rotatable bonds is 8.